The summed E-state index contributed by atoms with van der Waals surface area (Å²) in [7, 11) is 2.52. The number of ether oxygens (including phenoxy) is 2. The lowest BCUT2D eigenvalue weighted by molar-refractivity contribution is 0.0686. The molecule has 0 saturated heterocycles. The van der Waals surface area contributed by atoms with E-state index in [1.165, 1.54) is 20.3 Å². The van der Waals surface area contributed by atoms with Crippen molar-refractivity contribution in [3.8, 4) is 22.8 Å². The number of carboxylic acids is 1. The van der Waals surface area contributed by atoms with Crippen LogP contribution < -0.4 is 9.47 Å². The summed E-state index contributed by atoms with van der Waals surface area (Å²) in [6, 6.07) is 2.48. The Labute approximate surface area is 117 Å². The van der Waals surface area contributed by atoms with Crippen molar-refractivity contribution >= 4 is 17.6 Å². The minimum atomic E-state index is -1.26. The van der Waals surface area contributed by atoms with Crippen molar-refractivity contribution in [2.75, 3.05) is 14.2 Å². The van der Waals surface area contributed by atoms with E-state index in [4.69, 9.17) is 30.7 Å². The maximum absolute atomic E-state index is 14.1. The van der Waals surface area contributed by atoms with Gasteiger partial charge in [0.25, 0.3) is 0 Å². The van der Waals surface area contributed by atoms with Gasteiger partial charge in [-0.1, -0.05) is 16.8 Å². The van der Waals surface area contributed by atoms with Crippen molar-refractivity contribution in [3.05, 3.63) is 28.7 Å². The van der Waals surface area contributed by atoms with Crippen LogP contribution in [0.3, 0.4) is 0 Å². The lowest BCUT2D eigenvalue weighted by atomic mass is 10.1. The minimum Gasteiger partial charge on any atom is -0.493 e. The molecule has 0 radical (unpaired) electrons. The summed E-state index contributed by atoms with van der Waals surface area (Å²) in [5.74, 6) is -2.42. The first-order chi connectivity index (χ1) is 9.49. The van der Waals surface area contributed by atoms with Crippen LogP contribution in [0.5, 0.6) is 11.5 Å². The number of hydrogen-bond acceptors (Lipinski definition) is 5. The third-order valence-corrected chi connectivity index (χ3v) is 2.82. The van der Waals surface area contributed by atoms with Gasteiger partial charge >= 0.3 is 5.97 Å². The van der Waals surface area contributed by atoms with Crippen molar-refractivity contribution in [2.24, 2.45) is 0 Å². The normalized spacial score (nSPS) is 10.4. The number of hydrogen-bond donors (Lipinski definition) is 1. The molecule has 8 heteroatoms. The van der Waals surface area contributed by atoms with Gasteiger partial charge in [0.15, 0.2) is 23.0 Å². The number of aromatic nitrogens is 1. The smallest absolute Gasteiger partial charge is 0.358 e. The molecule has 0 saturated carbocycles. The quantitative estimate of drug-likeness (QED) is 0.935. The molecule has 106 valence electrons. The Morgan fingerprint density at radius 3 is 2.50 bits per heavy atom. The highest BCUT2D eigenvalue weighted by Gasteiger charge is 2.23. The second-order valence-corrected chi connectivity index (χ2v) is 4.08. The molecule has 0 aliphatic rings. The van der Waals surface area contributed by atoms with Crippen molar-refractivity contribution < 1.29 is 28.3 Å². The highest BCUT2D eigenvalue weighted by atomic mass is 35.5. The molecule has 1 aromatic carbocycles. The topological polar surface area (TPSA) is 81.8 Å². The van der Waals surface area contributed by atoms with Crippen LogP contribution in [0.4, 0.5) is 4.39 Å². The molecule has 0 amide bonds. The molecule has 0 atom stereocenters. The van der Waals surface area contributed by atoms with E-state index in [2.05, 4.69) is 5.16 Å². The highest BCUT2D eigenvalue weighted by Crippen LogP contribution is 2.41. The molecule has 0 fully saturated rings. The van der Waals surface area contributed by atoms with Gasteiger partial charge in [0.2, 0.25) is 5.82 Å². The predicted molar refractivity (Wildman–Crippen MR) is 67.0 cm³/mol. The van der Waals surface area contributed by atoms with Crippen molar-refractivity contribution in [2.45, 2.75) is 0 Å². The lowest BCUT2D eigenvalue weighted by Crippen LogP contribution is -1.97. The zero-order valence-electron chi connectivity index (χ0n) is 10.4. The average Bonchev–Trinajstić information content (AvgIpc) is 2.88. The molecule has 0 unspecified atom stereocenters. The maximum Gasteiger partial charge on any atom is 0.358 e. The predicted octanol–water partition coefficient (Wildman–Crippen LogP) is 2.85. The molecule has 2 rings (SSSR count). The molecule has 0 aliphatic heterocycles. The van der Waals surface area contributed by atoms with Crippen LogP contribution in [0.1, 0.15) is 10.5 Å². The van der Waals surface area contributed by atoms with Crippen LogP contribution in [0, 0.1) is 5.82 Å². The number of methoxy groups -OCH3 is 2. The van der Waals surface area contributed by atoms with Crippen LogP contribution >= 0.6 is 11.6 Å². The average molecular weight is 302 g/mol. The SMILES string of the molecule is COc1c(Cl)cc(-c2cc(C(=O)O)no2)c(OC)c1F. The Bertz CT molecular complexity index is 670. The van der Waals surface area contributed by atoms with E-state index in [0.717, 1.165) is 6.07 Å². The summed E-state index contributed by atoms with van der Waals surface area (Å²) < 4.78 is 28.8. The van der Waals surface area contributed by atoms with Gasteiger partial charge in [-0.15, -0.1) is 0 Å². The van der Waals surface area contributed by atoms with Gasteiger partial charge in [0.1, 0.15) is 0 Å². The molecule has 0 aliphatic carbocycles. The van der Waals surface area contributed by atoms with Gasteiger partial charge in [-0.05, 0) is 6.07 Å². The van der Waals surface area contributed by atoms with Crippen molar-refractivity contribution in [1.82, 2.24) is 5.16 Å². The van der Waals surface area contributed by atoms with E-state index < -0.39 is 11.8 Å². The minimum absolute atomic E-state index is 0.00549. The number of nitrogens with zero attached hydrogens (tertiary/aromatic N) is 1. The molecule has 1 heterocycles. The number of carbonyl (C=O) groups is 1. The van der Waals surface area contributed by atoms with Crippen molar-refractivity contribution in [1.29, 1.82) is 0 Å². The zero-order chi connectivity index (χ0) is 14.9. The monoisotopic (exact) mass is 301 g/mol. The lowest BCUT2D eigenvalue weighted by Gasteiger charge is -2.11. The number of carboxylic acid groups (broad SMARTS) is 1. The first-order valence-electron chi connectivity index (χ1n) is 5.30. The number of aromatic carboxylic acids is 1. The van der Waals surface area contributed by atoms with Crippen LogP contribution in [0.15, 0.2) is 16.7 Å². The van der Waals surface area contributed by atoms with Gasteiger partial charge < -0.3 is 19.1 Å². The van der Waals surface area contributed by atoms with E-state index in [0.29, 0.717) is 0 Å². The van der Waals surface area contributed by atoms with Crippen LogP contribution in [-0.4, -0.2) is 30.5 Å². The summed E-state index contributed by atoms with van der Waals surface area (Å²) in [6.45, 7) is 0. The number of rotatable bonds is 4. The van der Waals surface area contributed by atoms with E-state index in [1.807, 2.05) is 0 Å². The fraction of sp³-hybridized carbons (Fsp3) is 0.167. The van der Waals surface area contributed by atoms with Crippen molar-refractivity contribution in [3.63, 3.8) is 0 Å². The molecule has 1 aromatic heterocycles. The Balaban J connectivity index is 2.63. The Kier molecular flexibility index (Phi) is 3.80. The van der Waals surface area contributed by atoms with E-state index in [-0.39, 0.29) is 33.5 Å². The van der Waals surface area contributed by atoms with Gasteiger partial charge in [0, 0.05) is 6.07 Å². The van der Waals surface area contributed by atoms with E-state index >= 15 is 0 Å². The summed E-state index contributed by atoms with van der Waals surface area (Å²) in [5.41, 5.74) is -0.176. The first-order valence-corrected chi connectivity index (χ1v) is 5.67. The molecule has 0 bridgehead atoms. The van der Waals surface area contributed by atoms with Crippen LogP contribution in [-0.2, 0) is 0 Å². The molecule has 2 aromatic rings. The summed E-state index contributed by atoms with van der Waals surface area (Å²) in [5, 5.41) is 12.1. The first kappa shape index (κ1) is 14.1. The highest BCUT2D eigenvalue weighted by molar-refractivity contribution is 6.32. The largest absolute Gasteiger partial charge is 0.493 e. The van der Waals surface area contributed by atoms with Gasteiger partial charge in [0.05, 0.1) is 24.8 Å². The van der Waals surface area contributed by atoms with E-state index in [1.54, 1.807) is 0 Å². The van der Waals surface area contributed by atoms with Gasteiger partial charge in [-0.3, -0.25) is 0 Å². The van der Waals surface area contributed by atoms with Crippen LogP contribution in [0.2, 0.25) is 5.02 Å². The standard InChI is InChI=1S/C12H9ClFNO5/c1-18-10-5(3-6(13)11(19-2)9(10)14)8-4-7(12(16)17)15-20-8/h3-4H,1-2H3,(H,16,17). The maximum atomic E-state index is 14.1. The number of halogens is 2. The summed E-state index contributed by atoms with van der Waals surface area (Å²) in [6.07, 6.45) is 0. The molecular weight excluding hydrogens is 293 g/mol. The summed E-state index contributed by atoms with van der Waals surface area (Å²) >= 11 is 5.88. The Morgan fingerprint density at radius 1 is 1.35 bits per heavy atom. The fourth-order valence-corrected chi connectivity index (χ4v) is 1.93. The summed E-state index contributed by atoms with van der Waals surface area (Å²) in [4.78, 5) is 10.8. The molecule has 1 N–H and O–H groups in total. The van der Waals surface area contributed by atoms with Gasteiger partial charge in [-0.25, -0.2) is 4.79 Å². The molecule has 0 spiro atoms. The van der Waals surface area contributed by atoms with Crippen LogP contribution in [0.25, 0.3) is 11.3 Å². The number of benzene rings is 1. The Morgan fingerprint density at radius 2 is 2.00 bits per heavy atom. The zero-order valence-corrected chi connectivity index (χ0v) is 11.2. The molecular formula is C12H9ClFNO5. The third kappa shape index (κ3) is 2.27. The Hall–Kier alpha value is -2.28. The van der Waals surface area contributed by atoms with Gasteiger partial charge in [-0.2, -0.15) is 4.39 Å². The fourth-order valence-electron chi connectivity index (χ4n) is 1.66. The second-order valence-electron chi connectivity index (χ2n) is 3.67. The van der Waals surface area contributed by atoms with E-state index in [9.17, 15) is 9.18 Å². The third-order valence-electron chi connectivity index (χ3n) is 2.53. The molecule has 20 heavy (non-hydrogen) atoms. The second kappa shape index (κ2) is 5.38. The molecule has 6 nitrogen and oxygen atoms in total.